The molecule has 1 fully saturated rings. The number of thioether (sulfide) groups is 1. The molecule has 0 aromatic carbocycles. The lowest BCUT2D eigenvalue weighted by molar-refractivity contribution is 0.395. The summed E-state index contributed by atoms with van der Waals surface area (Å²) in [5, 5.41) is -0.00690. The van der Waals surface area contributed by atoms with E-state index in [4.69, 9.17) is 11.6 Å². The zero-order chi connectivity index (χ0) is 15.5. The number of hydrogen-bond donors (Lipinski definition) is 1. The topological polar surface area (TPSA) is 59.1 Å². The van der Waals surface area contributed by atoms with Gasteiger partial charge in [-0.15, -0.1) is 0 Å². The second kappa shape index (κ2) is 7.17. The molecule has 4 nitrogen and oxygen atoms in total. The molecule has 1 heterocycles. The van der Waals surface area contributed by atoms with Gasteiger partial charge in [0.2, 0.25) is 10.0 Å². The van der Waals surface area contributed by atoms with Gasteiger partial charge in [-0.25, -0.2) is 18.1 Å². The highest BCUT2D eigenvalue weighted by Gasteiger charge is 2.33. The van der Waals surface area contributed by atoms with Crippen LogP contribution in [0.25, 0.3) is 0 Å². The summed E-state index contributed by atoms with van der Waals surface area (Å²) in [6, 6.07) is 1.48. The van der Waals surface area contributed by atoms with Gasteiger partial charge in [0.05, 0.1) is 0 Å². The normalized spacial score (nSPS) is 18.6. The molecule has 0 aliphatic heterocycles. The van der Waals surface area contributed by atoms with Crippen molar-refractivity contribution in [1.82, 2.24) is 9.71 Å². The molecule has 118 valence electrons. The Hall–Kier alpha value is 0.180. The number of rotatable bonds is 5. The van der Waals surface area contributed by atoms with Gasteiger partial charge >= 0.3 is 0 Å². The second-order valence-corrected chi connectivity index (χ2v) is 9.50. The average molecular weight is 414 g/mol. The Kier molecular flexibility index (Phi) is 5.99. The number of nitrogens with zero attached hydrogens (tertiary/aromatic N) is 1. The van der Waals surface area contributed by atoms with Crippen LogP contribution in [0, 0.1) is 0 Å². The number of hydrogen-bond acceptors (Lipinski definition) is 4. The van der Waals surface area contributed by atoms with Crippen molar-refractivity contribution in [3.8, 4) is 0 Å². The highest BCUT2D eigenvalue weighted by Crippen LogP contribution is 2.38. The Bertz CT molecular complexity index is 604. The highest BCUT2D eigenvalue weighted by molar-refractivity contribution is 9.10. The van der Waals surface area contributed by atoms with Crippen molar-refractivity contribution >= 4 is 49.3 Å². The summed E-state index contributed by atoms with van der Waals surface area (Å²) >= 11 is 10.9. The lowest BCUT2D eigenvalue weighted by Gasteiger charge is -2.35. The van der Waals surface area contributed by atoms with E-state index in [2.05, 4.69) is 25.6 Å². The van der Waals surface area contributed by atoms with Crippen LogP contribution in [-0.2, 0) is 10.0 Å². The summed E-state index contributed by atoms with van der Waals surface area (Å²) in [6.07, 6.45) is 9.15. The Morgan fingerprint density at radius 3 is 2.71 bits per heavy atom. The van der Waals surface area contributed by atoms with Gasteiger partial charge in [0.15, 0.2) is 0 Å². The largest absolute Gasteiger partial charge is 0.243 e. The molecule has 1 aliphatic carbocycles. The fourth-order valence-electron chi connectivity index (χ4n) is 2.55. The number of nitrogens with one attached hydrogen (secondary N) is 1. The summed E-state index contributed by atoms with van der Waals surface area (Å²) in [7, 11) is -3.65. The predicted molar refractivity (Wildman–Crippen MR) is 91.5 cm³/mol. The molecule has 1 saturated carbocycles. The van der Waals surface area contributed by atoms with Crippen molar-refractivity contribution in [2.75, 3.05) is 12.8 Å². The van der Waals surface area contributed by atoms with E-state index in [9.17, 15) is 8.42 Å². The van der Waals surface area contributed by atoms with Gasteiger partial charge in [-0.3, -0.25) is 0 Å². The molecule has 0 amide bonds. The lowest BCUT2D eigenvalue weighted by Crippen LogP contribution is -2.41. The molecular formula is C13H18BrClN2O2S2. The number of halogens is 2. The molecule has 2 rings (SSSR count). The van der Waals surface area contributed by atoms with Gasteiger partial charge in [-0.1, -0.05) is 30.9 Å². The minimum atomic E-state index is -3.65. The van der Waals surface area contributed by atoms with Gasteiger partial charge in [0, 0.05) is 22.0 Å². The van der Waals surface area contributed by atoms with Crippen molar-refractivity contribution in [1.29, 1.82) is 0 Å². The molecule has 0 radical (unpaired) electrons. The molecule has 1 N–H and O–H groups in total. The zero-order valence-electron chi connectivity index (χ0n) is 11.7. The highest BCUT2D eigenvalue weighted by atomic mass is 79.9. The van der Waals surface area contributed by atoms with Gasteiger partial charge in [-0.05, 0) is 41.1 Å². The van der Waals surface area contributed by atoms with E-state index in [1.165, 1.54) is 18.7 Å². The minimum absolute atomic E-state index is 0.00274. The van der Waals surface area contributed by atoms with Crippen molar-refractivity contribution < 1.29 is 8.42 Å². The van der Waals surface area contributed by atoms with Crippen LogP contribution < -0.4 is 4.72 Å². The van der Waals surface area contributed by atoms with Gasteiger partial charge < -0.3 is 0 Å². The molecule has 21 heavy (non-hydrogen) atoms. The van der Waals surface area contributed by atoms with Crippen LogP contribution in [0.15, 0.2) is 21.6 Å². The molecule has 0 bridgehead atoms. The van der Waals surface area contributed by atoms with Crippen LogP contribution in [0.4, 0.5) is 0 Å². The van der Waals surface area contributed by atoms with E-state index >= 15 is 0 Å². The van der Waals surface area contributed by atoms with E-state index in [-0.39, 0.29) is 14.8 Å². The summed E-state index contributed by atoms with van der Waals surface area (Å²) in [5.41, 5.74) is 0. The molecular weight excluding hydrogens is 396 g/mol. The summed E-state index contributed by atoms with van der Waals surface area (Å²) in [4.78, 5) is 3.89. The molecule has 0 saturated heterocycles. The fraction of sp³-hybridized carbons (Fsp3) is 0.615. The SMILES string of the molecule is CSC1(CNS(=O)(=O)c2cc(Br)cnc2Cl)CCCCC1. The van der Waals surface area contributed by atoms with E-state index < -0.39 is 10.0 Å². The Balaban J connectivity index is 2.15. The maximum absolute atomic E-state index is 12.4. The molecule has 1 aliphatic rings. The van der Waals surface area contributed by atoms with E-state index in [1.807, 2.05) is 6.26 Å². The van der Waals surface area contributed by atoms with Gasteiger partial charge in [0.25, 0.3) is 0 Å². The van der Waals surface area contributed by atoms with Crippen LogP contribution in [0.5, 0.6) is 0 Å². The second-order valence-electron chi connectivity index (χ2n) is 5.21. The number of sulfonamides is 1. The van der Waals surface area contributed by atoms with Gasteiger partial charge in [0.1, 0.15) is 10.0 Å². The molecule has 1 aromatic rings. The fourth-order valence-corrected chi connectivity index (χ4v) is 5.62. The first-order valence-corrected chi connectivity index (χ1v) is 10.6. The van der Waals surface area contributed by atoms with Crippen molar-refractivity contribution in [3.63, 3.8) is 0 Å². The molecule has 0 unspecified atom stereocenters. The molecule has 0 spiro atoms. The third-order valence-electron chi connectivity index (χ3n) is 3.85. The maximum atomic E-state index is 12.4. The maximum Gasteiger partial charge on any atom is 0.243 e. The zero-order valence-corrected chi connectivity index (χ0v) is 15.7. The van der Waals surface area contributed by atoms with Crippen molar-refractivity contribution in [2.45, 2.75) is 41.7 Å². The van der Waals surface area contributed by atoms with E-state index in [0.717, 1.165) is 25.7 Å². The third kappa shape index (κ3) is 4.34. The van der Waals surface area contributed by atoms with E-state index in [0.29, 0.717) is 11.0 Å². The minimum Gasteiger partial charge on any atom is -0.242 e. The number of pyridine rings is 1. The Labute approximate surface area is 143 Å². The Morgan fingerprint density at radius 2 is 2.10 bits per heavy atom. The van der Waals surface area contributed by atoms with Crippen molar-refractivity contribution in [2.24, 2.45) is 0 Å². The van der Waals surface area contributed by atoms with Gasteiger partial charge in [-0.2, -0.15) is 11.8 Å². The smallest absolute Gasteiger partial charge is 0.242 e. The number of aromatic nitrogens is 1. The van der Waals surface area contributed by atoms with Crippen LogP contribution in [-0.4, -0.2) is 30.9 Å². The first kappa shape index (κ1) is 17.5. The van der Waals surface area contributed by atoms with Crippen LogP contribution in [0.2, 0.25) is 5.15 Å². The Morgan fingerprint density at radius 1 is 1.43 bits per heavy atom. The quantitative estimate of drug-likeness (QED) is 0.745. The third-order valence-corrected chi connectivity index (χ3v) is 7.53. The average Bonchev–Trinajstić information content (AvgIpc) is 2.49. The first-order chi connectivity index (χ1) is 9.88. The lowest BCUT2D eigenvalue weighted by atomic mass is 9.88. The predicted octanol–water partition coefficient (Wildman–Crippen LogP) is 3.84. The summed E-state index contributed by atoms with van der Waals surface area (Å²) in [6.45, 7) is 0.430. The van der Waals surface area contributed by atoms with Crippen LogP contribution in [0.1, 0.15) is 32.1 Å². The summed E-state index contributed by atoms with van der Waals surface area (Å²) < 4.78 is 28.2. The van der Waals surface area contributed by atoms with E-state index in [1.54, 1.807) is 11.8 Å². The first-order valence-electron chi connectivity index (χ1n) is 6.74. The molecule has 1 aromatic heterocycles. The summed E-state index contributed by atoms with van der Waals surface area (Å²) in [5.74, 6) is 0. The van der Waals surface area contributed by atoms with Crippen molar-refractivity contribution in [3.05, 3.63) is 21.9 Å². The molecule has 0 atom stereocenters. The molecule has 8 heteroatoms. The monoisotopic (exact) mass is 412 g/mol. The van der Waals surface area contributed by atoms with Crippen LogP contribution >= 0.6 is 39.3 Å². The standard InChI is InChI=1S/C13H18BrClN2O2S2/c1-20-13(5-3-2-4-6-13)9-17-21(18,19)11-7-10(14)8-16-12(11)15/h7-8,17H,2-6,9H2,1H3. The van der Waals surface area contributed by atoms with Crippen LogP contribution in [0.3, 0.4) is 0 Å².